The number of aryl methyl sites for hydroxylation is 1. The standard InChI is InChI=1S/C14H20N2O2/c1-3-18-13-6-10(2)4-5-12(13)16-14(17)7-11-8-15-9-11/h4-6,11,15H,3,7-9H2,1-2H3,(H,16,17). The van der Waals surface area contributed by atoms with Crippen molar-refractivity contribution in [2.75, 3.05) is 25.0 Å². The molecule has 0 aromatic heterocycles. The fourth-order valence-corrected chi connectivity index (χ4v) is 1.96. The highest BCUT2D eigenvalue weighted by Gasteiger charge is 2.20. The third-order valence-electron chi connectivity index (χ3n) is 3.05. The molecular formula is C14H20N2O2. The largest absolute Gasteiger partial charge is 0.492 e. The lowest BCUT2D eigenvalue weighted by Crippen LogP contribution is -2.43. The van der Waals surface area contributed by atoms with Crippen molar-refractivity contribution in [3.63, 3.8) is 0 Å². The molecule has 0 aliphatic carbocycles. The van der Waals surface area contributed by atoms with E-state index in [1.807, 2.05) is 32.0 Å². The van der Waals surface area contributed by atoms with E-state index in [0.717, 1.165) is 30.1 Å². The third kappa shape index (κ3) is 3.23. The van der Waals surface area contributed by atoms with Gasteiger partial charge in [-0.1, -0.05) is 6.07 Å². The number of hydrogen-bond donors (Lipinski definition) is 2. The average Bonchev–Trinajstić information content (AvgIpc) is 2.28. The van der Waals surface area contributed by atoms with Crippen LogP contribution in [0.15, 0.2) is 18.2 Å². The summed E-state index contributed by atoms with van der Waals surface area (Å²) in [5, 5.41) is 6.09. The van der Waals surface area contributed by atoms with Crippen LogP contribution in [-0.4, -0.2) is 25.6 Å². The van der Waals surface area contributed by atoms with Crippen molar-refractivity contribution < 1.29 is 9.53 Å². The van der Waals surface area contributed by atoms with Crippen LogP contribution in [0.25, 0.3) is 0 Å². The van der Waals surface area contributed by atoms with E-state index >= 15 is 0 Å². The summed E-state index contributed by atoms with van der Waals surface area (Å²) in [6, 6.07) is 5.82. The van der Waals surface area contributed by atoms with E-state index in [0.29, 0.717) is 18.9 Å². The highest BCUT2D eigenvalue weighted by Crippen LogP contribution is 2.26. The lowest BCUT2D eigenvalue weighted by Gasteiger charge is -2.26. The Kier molecular flexibility index (Phi) is 4.20. The Hall–Kier alpha value is -1.55. The first-order valence-corrected chi connectivity index (χ1v) is 6.43. The van der Waals surface area contributed by atoms with E-state index in [2.05, 4.69) is 10.6 Å². The lowest BCUT2D eigenvalue weighted by molar-refractivity contribution is -0.117. The summed E-state index contributed by atoms with van der Waals surface area (Å²) in [6.07, 6.45) is 0.576. The number of hydrogen-bond acceptors (Lipinski definition) is 3. The molecule has 0 bridgehead atoms. The first kappa shape index (κ1) is 12.9. The van der Waals surface area contributed by atoms with Crippen molar-refractivity contribution >= 4 is 11.6 Å². The molecule has 1 aliphatic heterocycles. The molecule has 0 unspecified atom stereocenters. The fourth-order valence-electron chi connectivity index (χ4n) is 1.96. The van der Waals surface area contributed by atoms with Crippen molar-refractivity contribution in [1.29, 1.82) is 0 Å². The summed E-state index contributed by atoms with van der Waals surface area (Å²) >= 11 is 0. The minimum Gasteiger partial charge on any atom is -0.492 e. The van der Waals surface area contributed by atoms with Gasteiger partial charge in [0.25, 0.3) is 0 Å². The molecule has 1 amide bonds. The van der Waals surface area contributed by atoms with Crippen molar-refractivity contribution in [3.05, 3.63) is 23.8 Å². The van der Waals surface area contributed by atoms with E-state index in [9.17, 15) is 4.79 Å². The molecule has 1 fully saturated rings. The number of amides is 1. The summed E-state index contributed by atoms with van der Waals surface area (Å²) in [4.78, 5) is 11.9. The Morgan fingerprint density at radius 2 is 2.28 bits per heavy atom. The van der Waals surface area contributed by atoms with Crippen molar-refractivity contribution in [2.24, 2.45) is 5.92 Å². The smallest absolute Gasteiger partial charge is 0.224 e. The molecule has 2 rings (SSSR count). The Labute approximate surface area is 108 Å². The lowest BCUT2D eigenvalue weighted by atomic mass is 9.99. The van der Waals surface area contributed by atoms with Gasteiger partial charge in [-0.15, -0.1) is 0 Å². The van der Waals surface area contributed by atoms with Crippen LogP contribution < -0.4 is 15.4 Å². The van der Waals surface area contributed by atoms with Gasteiger partial charge in [-0.2, -0.15) is 0 Å². The van der Waals surface area contributed by atoms with Crippen LogP contribution in [0.3, 0.4) is 0 Å². The van der Waals surface area contributed by atoms with E-state index < -0.39 is 0 Å². The van der Waals surface area contributed by atoms with Crippen LogP contribution in [0.2, 0.25) is 0 Å². The molecule has 0 saturated carbocycles. The molecule has 98 valence electrons. The van der Waals surface area contributed by atoms with Crippen LogP contribution in [0.4, 0.5) is 5.69 Å². The number of ether oxygens (including phenoxy) is 1. The molecule has 1 aromatic rings. The Bertz CT molecular complexity index is 428. The topological polar surface area (TPSA) is 50.4 Å². The molecular weight excluding hydrogens is 228 g/mol. The number of carbonyl (C=O) groups excluding carboxylic acids is 1. The zero-order valence-corrected chi connectivity index (χ0v) is 11.0. The highest BCUT2D eigenvalue weighted by atomic mass is 16.5. The monoisotopic (exact) mass is 248 g/mol. The zero-order chi connectivity index (χ0) is 13.0. The van der Waals surface area contributed by atoms with Gasteiger partial charge < -0.3 is 15.4 Å². The number of benzene rings is 1. The van der Waals surface area contributed by atoms with Gasteiger partial charge in [0.1, 0.15) is 5.75 Å². The van der Waals surface area contributed by atoms with Gasteiger partial charge in [0.15, 0.2) is 0 Å². The molecule has 1 heterocycles. The molecule has 0 atom stereocenters. The van der Waals surface area contributed by atoms with Crippen LogP contribution in [0.5, 0.6) is 5.75 Å². The maximum atomic E-state index is 11.9. The van der Waals surface area contributed by atoms with Crippen LogP contribution in [0.1, 0.15) is 18.9 Å². The van der Waals surface area contributed by atoms with Gasteiger partial charge in [-0.3, -0.25) is 4.79 Å². The number of nitrogens with one attached hydrogen (secondary N) is 2. The van der Waals surface area contributed by atoms with Gasteiger partial charge in [0.05, 0.1) is 12.3 Å². The zero-order valence-electron chi connectivity index (χ0n) is 11.0. The molecule has 0 spiro atoms. The average molecular weight is 248 g/mol. The van der Waals surface area contributed by atoms with Gasteiger partial charge >= 0.3 is 0 Å². The second-order valence-corrected chi connectivity index (χ2v) is 4.71. The minimum atomic E-state index is 0.0614. The SMILES string of the molecule is CCOc1cc(C)ccc1NC(=O)CC1CNC1. The van der Waals surface area contributed by atoms with Crippen molar-refractivity contribution in [1.82, 2.24) is 5.32 Å². The molecule has 18 heavy (non-hydrogen) atoms. The summed E-state index contributed by atoms with van der Waals surface area (Å²) in [5.74, 6) is 1.29. The summed E-state index contributed by atoms with van der Waals surface area (Å²) < 4.78 is 5.54. The predicted molar refractivity (Wildman–Crippen MR) is 72.0 cm³/mol. The molecule has 1 saturated heterocycles. The molecule has 4 heteroatoms. The van der Waals surface area contributed by atoms with Gasteiger partial charge in [-0.05, 0) is 50.6 Å². The first-order chi connectivity index (χ1) is 8.69. The Morgan fingerprint density at radius 1 is 1.50 bits per heavy atom. The van der Waals surface area contributed by atoms with Gasteiger partial charge in [0.2, 0.25) is 5.91 Å². The molecule has 1 aromatic carbocycles. The van der Waals surface area contributed by atoms with E-state index in [-0.39, 0.29) is 5.91 Å². The minimum absolute atomic E-state index is 0.0614. The molecule has 4 nitrogen and oxygen atoms in total. The fraction of sp³-hybridized carbons (Fsp3) is 0.500. The number of rotatable bonds is 5. The third-order valence-corrected chi connectivity index (χ3v) is 3.05. The number of anilines is 1. The highest BCUT2D eigenvalue weighted by molar-refractivity contribution is 5.92. The normalized spacial score (nSPS) is 15.0. The van der Waals surface area contributed by atoms with Crippen LogP contribution in [-0.2, 0) is 4.79 Å². The van der Waals surface area contributed by atoms with Crippen molar-refractivity contribution in [3.8, 4) is 5.75 Å². The first-order valence-electron chi connectivity index (χ1n) is 6.43. The summed E-state index contributed by atoms with van der Waals surface area (Å²) in [5.41, 5.74) is 1.89. The molecule has 0 radical (unpaired) electrons. The predicted octanol–water partition coefficient (Wildman–Crippen LogP) is 1.94. The van der Waals surface area contributed by atoms with Crippen molar-refractivity contribution in [2.45, 2.75) is 20.3 Å². The maximum Gasteiger partial charge on any atom is 0.224 e. The summed E-state index contributed by atoms with van der Waals surface area (Å²) in [6.45, 7) is 6.43. The molecule has 2 N–H and O–H groups in total. The van der Waals surface area contributed by atoms with E-state index in [1.54, 1.807) is 0 Å². The number of carbonyl (C=O) groups is 1. The Balaban J connectivity index is 2.00. The maximum absolute atomic E-state index is 11.9. The van der Waals surface area contributed by atoms with E-state index in [4.69, 9.17) is 4.74 Å². The Morgan fingerprint density at radius 3 is 2.89 bits per heavy atom. The summed E-state index contributed by atoms with van der Waals surface area (Å²) in [7, 11) is 0. The van der Waals surface area contributed by atoms with Gasteiger partial charge in [0, 0.05) is 6.42 Å². The van der Waals surface area contributed by atoms with Crippen LogP contribution >= 0.6 is 0 Å². The second-order valence-electron chi connectivity index (χ2n) is 4.71. The molecule has 1 aliphatic rings. The van der Waals surface area contributed by atoms with E-state index in [1.165, 1.54) is 0 Å². The quantitative estimate of drug-likeness (QED) is 0.837. The second kappa shape index (κ2) is 5.87. The van der Waals surface area contributed by atoms with Gasteiger partial charge in [-0.25, -0.2) is 0 Å². The van der Waals surface area contributed by atoms with Crippen LogP contribution in [0, 0.1) is 12.8 Å².